The van der Waals surface area contributed by atoms with Crippen molar-refractivity contribution >= 4 is 52.2 Å². The number of thioether (sulfide) groups is 1. The summed E-state index contributed by atoms with van der Waals surface area (Å²) >= 11 is 8.92. The first-order valence-electron chi connectivity index (χ1n) is 11.2. The maximum absolute atomic E-state index is 13.7. The number of halogens is 1. The molecule has 9 heteroatoms. The summed E-state index contributed by atoms with van der Waals surface area (Å²) in [6.45, 7) is 0. The van der Waals surface area contributed by atoms with Gasteiger partial charge < -0.3 is 10.1 Å². The maximum atomic E-state index is 13.7. The number of H-pyrrole nitrogens is 1. The Balaban J connectivity index is 1.32. The van der Waals surface area contributed by atoms with Crippen LogP contribution in [0.1, 0.15) is 22.8 Å². The fourth-order valence-electron chi connectivity index (χ4n) is 6.92. The SMILES string of the molecule is O=C1C2C3CC(C2C(=O)N1c1ccc(Cl)cc1)C1C(c2ccc(O)cc2)c2sc(=O)[nH]c2SC31. The van der Waals surface area contributed by atoms with Crippen molar-refractivity contribution in [1.29, 1.82) is 0 Å². The van der Waals surface area contributed by atoms with Crippen molar-refractivity contribution in [2.45, 2.75) is 22.6 Å². The molecule has 4 aliphatic rings. The molecule has 7 rings (SSSR count). The number of hydrogen-bond donors (Lipinski definition) is 2. The van der Waals surface area contributed by atoms with E-state index in [0.717, 1.165) is 21.9 Å². The maximum Gasteiger partial charge on any atom is 0.305 e. The Morgan fingerprint density at radius 1 is 0.941 bits per heavy atom. The monoisotopic (exact) mass is 510 g/mol. The normalized spacial score (nSPS) is 33.2. The lowest BCUT2D eigenvalue weighted by molar-refractivity contribution is -0.123. The van der Waals surface area contributed by atoms with Gasteiger partial charge in [0, 0.05) is 21.1 Å². The lowest BCUT2D eigenvalue weighted by atomic mass is 9.68. The molecule has 3 heterocycles. The second-order valence-electron chi connectivity index (χ2n) is 9.54. The van der Waals surface area contributed by atoms with Crippen LogP contribution < -0.4 is 9.77 Å². The highest BCUT2D eigenvalue weighted by molar-refractivity contribution is 8.00. The molecule has 2 bridgehead atoms. The second-order valence-corrected chi connectivity index (χ2v) is 12.2. The van der Waals surface area contributed by atoms with E-state index in [1.807, 2.05) is 12.1 Å². The number of fused-ring (bicyclic) bond motifs is 9. The number of benzene rings is 2. The first-order chi connectivity index (χ1) is 16.4. The van der Waals surface area contributed by atoms with Crippen LogP contribution in [0.4, 0.5) is 5.69 Å². The number of rotatable bonds is 2. The lowest BCUT2D eigenvalue weighted by Crippen LogP contribution is -2.42. The summed E-state index contributed by atoms with van der Waals surface area (Å²) in [7, 11) is 0. The zero-order valence-electron chi connectivity index (χ0n) is 17.7. The zero-order valence-corrected chi connectivity index (χ0v) is 20.1. The van der Waals surface area contributed by atoms with E-state index in [-0.39, 0.29) is 63.2 Å². The molecule has 7 unspecified atom stereocenters. The predicted octanol–water partition coefficient (Wildman–Crippen LogP) is 4.47. The second kappa shape index (κ2) is 7.23. The number of amides is 2. The first kappa shape index (κ1) is 20.8. The van der Waals surface area contributed by atoms with Gasteiger partial charge in [-0.1, -0.05) is 35.1 Å². The number of nitrogens with one attached hydrogen (secondary N) is 1. The van der Waals surface area contributed by atoms with Crippen LogP contribution in [-0.2, 0) is 9.59 Å². The first-order valence-corrected chi connectivity index (χ1v) is 13.3. The summed E-state index contributed by atoms with van der Waals surface area (Å²) in [5, 5.41) is 11.4. The lowest BCUT2D eigenvalue weighted by Gasteiger charge is -2.43. The van der Waals surface area contributed by atoms with Crippen molar-refractivity contribution in [1.82, 2.24) is 4.98 Å². The quantitative estimate of drug-likeness (QED) is 0.496. The van der Waals surface area contributed by atoms with Gasteiger partial charge in [0.05, 0.1) is 22.5 Å². The van der Waals surface area contributed by atoms with Crippen LogP contribution in [0, 0.1) is 29.6 Å². The number of aromatic hydroxyl groups is 1. The number of hydrogen-bond acceptors (Lipinski definition) is 6. The third-order valence-electron chi connectivity index (χ3n) is 8.06. The van der Waals surface area contributed by atoms with Crippen molar-refractivity contribution < 1.29 is 14.7 Å². The third-order valence-corrected chi connectivity index (χ3v) is 10.9. The minimum Gasteiger partial charge on any atom is -0.508 e. The van der Waals surface area contributed by atoms with E-state index in [4.69, 9.17) is 11.6 Å². The number of imide groups is 1. The molecule has 2 saturated carbocycles. The molecule has 3 aromatic rings. The number of thiazole rings is 1. The summed E-state index contributed by atoms with van der Waals surface area (Å²) in [4.78, 5) is 44.8. The molecular weight excluding hydrogens is 492 g/mol. The average Bonchev–Trinajstić information content (AvgIpc) is 3.54. The van der Waals surface area contributed by atoms with Gasteiger partial charge in [0.2, 0.25) is 11.8 Å². The van der Waals surface area contributed by atoms with Gasteiger partial charge in [-0.3, -0.25) is 19.3 Å². The summed E-state index contributed by atoms with van der Waals surface area (Å²) in [5.41, 5.74) is 1.60. The standard InChI is InChI=1S/C25H19ClN2O4S2/c26-11-3-5-12(6-4-11)28-23(30)18-14-9-15(19(18)24(28)31)20-17(14)16(10-1-7-13(29)8-2-10)21-22(33-20)27-25(32)34-21/h1-8,14-20,29H,9H2,(H,27,32). The van der Waals surface area contributed by atoms with E-state index in [1.165, 1.54) is 16.2 Å². The molecule has 34 heavy (non-hydrogen) atoms. The minimum absolute atomic E-state index is 0.0470. The number of phenolic OH excluding ortho intramolecular Hbond substituents is 1. The minimum atomic E-state index is -0.341. The van der Waals surface area contributed by atoms with E-state index in [0.29, 0.717) is 10.7 Å². The topological polar surface area (TPSA) is 90.5 Å². The Morgan fingerprint density at radius 3 is 2.32 bits per heavy atom. The molecule has 1 aromatic heterocycles. The van der Waals surface area contributed by atoms with Gasteiger partial charge in [-0.15, -0.1) is 11.8 Å². The Labute approximate surface area is 207 Å². The van der Waals surface area contributed by atoms with E-state index < -0.39 is 0 Å². The molecule has 2 amide bonds. The molecule has 1 saturated heterocycles. The van der Waals surface area contributed by atoms with Gasteiger partial charge in [0.1, 0.15) is 5.75 Å². The number of nitrogens with zero attached hydrogens (tertiary/aromatic N) is 1. The van der Waals surface area contributed by atoms with Crippen LogP contribution in [0.15, 0.2) is 58.4 Å². The highest BCUT2D eigenvalue weighted by Crippen LogP contribution is 2.68. The fraction of sp³-hybridized carbons (Fsp3) is 0.320. The number of aromatic nitrogens is 1. The average molecular weight is 511 g/mol. The Hall–Kier alpha value is -2.55. The number of carbonyl (C=O) groups is 2. The molecule has 172 valence electrons. The van der Waals surface area contributed by atoms with Crippen molar-refractivity contribution in [2.24, 2.45) is 29.6 Å². The Kier molecular flexibility index (Phi) is 4.42. The molecule has 2 aliphatic heterocycles. The number of phenols is 1. The molecule has 3 fully saturated rings. The van der Waals surface area contributed by atoms with Gasteiger partial charge in [0.25, 0.3) is 0 Å². The Bertz CT molecular complexity index is 1400. The summed E-state index contributed by atoms with van der Waals surface area (Å²) in [5.74, 6) is -0.478. The van der Waals surface area contributed by atoms with E-state index in [2.05, 4.69) is 4.98 Å². The molecule has 2 N–H and O–H groups in total. The van der Waals surface area contributed by atoms with Gasteiger partial charge in [-0.05, 0) is 66.1 Å². The van der Waals surface area contributed by atoms with Crippen LogP contribution in [0.2, 0.25) is 5.02 Å². The summed E-state index contributed by atoms with van der Waals surface area (Å²) in [6, 6.07) is 14.0. The van der Waals surface area contributed by atoms with E-state index in [9.17, 15) is 19.5 Å². The molecule has 7 atom stereocenters. The smallest absolute Gasteiger partial charge is 0.305 e. The van der Waals surface area contributed by atoms with Crippen LogP contribution in [0.25, 0.3) is 0 Å². The van der Waals surface area contributed by atoms with Crippen LogP contribution >= 0.6 is 34.7 Å². The summed E-state index contributed by atoms with van der Waals surface area (Å²) < 4.78 is 0. The number of anilines is 1. The van der Waals surface area contributed by atoms with Crippen LogP contribution in [-0.4, -0.2) is 27.2 Å². The highest BCUT2D eigenvalue weighted by atomic mass is 35.5. The molecule has 2 aliphatic carbocycles. The third kappa shape index (κ3) is 2.73. The fourth-order valence-corrected chi connectivity index (χ4v) is 9.93. The Morgan fingerprint density at radius 2 is 1.62 bits per heavy atom. The van der Waals surface area contributed by atoms with Crippen molar-refractivity contribution in [2.75, 3.05) is 4.90 Å². The van der Waals surface area contributed by atoms with Gasteiger partial charge in [-0.25, -0.2) is 0 Å². The van der Waals surface area contributed by atoms with Crippen LogP contribution in [0.5, 0.6) is 5.75 Å². The molecular formula is C25H19ClN2O4S2. The van der Waals surface area contributed by atoms with Crippen molar-refractivity contribution in [3.63, 3.8) is 0 Å². The van der Waals surface area contributed by atoms with E-state index in [1.54, 1.807) is 48.2 Å². The molecule has 2 aromatic carbocycles. The predicted molar refractivity (Wildman–Crippen MR) is 131 cm³/mol. The van der Waals surface area contributed by atoms with Crippen molar-refractivity contribution in [3.8, 4) is 5.75 Å². The molecule has 0 radical (unpaired) electrons. The van der Waals surface area contributed by atoms with Crippen LogP contribution in [0.3, 0.4) is 0 Å². The largest absolute Gasteiger partial charge is 0.508 e. The molecule has 6 nitrogen and oxygen atoms in total. The molecule has 0 spiro atoms. The van der Waals surface area contributed by atoms with E-state index >= 15 is 0 Å². The number of aromatic amines is 1. The van der Waals surface area contributed by atoms with Gasteiger partial charge in [-0.2, -0.15) is 0 Å². The van der Waals surface area contributed by atoms with Gasteiger partial charge >= 0.3 is 4.87 Å². The van der Waals surface area contributed by atoms with Crippen molar-refractivity contribution in [3.05, 3.63) is 73.7 Å². The number of carbonyl (C=O) groups excluding carboxylic acids is 2. The summed E-state index contributed by atoms with van der Waals surface area (Å²) in [6.07, 6.45) is 0.845. The zero-order chi connectivity index (χ0) is 23.3. The highest BCUT2D eigenvalue weighted by Gasteiger charge is 2.69. The van der Waals surface area contributed by atoms with Gasteiger partial charge in [0.15, 0.2) is 0 Å².